The molecule has 0 radical (unpaired) electrons. The van der Waals surface area contributed by atoms with E-state index in [1.807, 2.05) is 0 Å². The molecule has 6 heteroatoms. The molecule has 0 atom stereocenters. The smallest absolute Gasteiger partial charge is 0.344 e. The number of carbonyl (C=O) groups excluding carboxylic acids is 1. The van der Waals surface area contributed by atoms with Crippen LogP contribution < -0.4 is 19.8 Å². The lowest BCUT2D eigenvalue weighted by Gasteiger charge is -2.18. The summed E-state index contributed by atoms with van der Waals surface area (Å²) in [5.41, 5.74) is 0.985. The standard InChI is InChI=1S/C21H18O6/c1-12(2)20(22)26-15-5-3-14-9-16(21(23)27-18(14)11-15)13-4-6-17-19(10-13)25-8-7-24-17/h3-6,9-12H,7-8H2,1-2H3. The van der Waals surface area contributed by atoms with E-state index < -0.39 is 5.63 Å². The number of hydrogen-bond acceptors (Lipinski definition) is 6. The van der Waals surface area contributed by atoms with Gasteiger partial charge in [0.2, 0.25) is 0 Å². The molecule has 6 nitrogen and oxygen atoms in total. The Hall–Kier alpha value is -3.28. The van der Waals surface area contributed by atoms with Crippen LogP contribution in [0.2, 0.25) is 0 Å². The Morgan fingerprint density at radius 1 is 1.00 bits per heavy atom. The summed E-state index contributed by atoms with van der Waals surface area (Å²) in [7, 11) is 0. The molecule has 0 fully saturated rings. The van der Waals surface area contributed by atoms with Crippen molar-refractivity contribution in [1.82, 2.24) is 0 Å². The first-order chi connectivity index (χ1) is 13.0. The molecule has 27 heavy (non-hydrogen) atoms. The van der Waals surface area contributed by atoms with Crippen LogP contribution in [0.3, 0.4) is 0 Å². The zero-order chi connectivity index (χ0) is 19.0. The zero-order valence-corrected chi connectivity index (χ0v) is 15.0. The predicted octanol–water partition coefficient (Wildman–Crippen LogP) is 3.79. The second-order valence-electron chi connectivity index (χ2n) is 6.58. The molecule has 0 spiro atoms. The number of benzene rings is 2. The van der Waals surface area contributed by atoms with E-state index in [4.69, 9.17) is 18.6 Å². The summed E-state index contributed by atoms with van der Waals surface area (Å²) >= 11 is 0. The Morgan fingerprint density at radius 3 is 2.56 bits per heavy atom. The predicted molar refractivity (Wildman–Crippen MR) is 99.4 cm³/mol. The number of fused-ring (bicyclic) bond motifs is 2. The van der Waals surface area contributed by atoms with Crippen molar-refractivity contribution < 1.29 is 23.4 Å². The van der Waals surface area contributed by atoms with Gasteiger partial charge in [0, 0.05) is 11.5 Å². The second-order valence-corrected chi connectivity index (χ2v) is 6.58. The van der Waals surface area contributed by atoms with E-state index in [9.17, 15) is 9.59 Å². The van der Waals surface area contributed by atoms with E-state index in [1.54, 1.807) is 56.3 Å². The summed E-state index contributed by atoms with van der Waals surface area (Å²) in [5, 5.41) is 0.726. The Balaban J connectivity index is 1.72. The average molecular weight is 366 g/mol. The van der Waals surface area contributed by atoms with E-state index >= 15 is 0 Å². The molecule has 3 aromatic rings. The Labute approximate surface area is 155 Å². The maximum atomic E-state index is 12.5. The first-order valence-electron chi connectivity index (χ1n) is 8.71. The molecule has 2 aromatic carbocycles. The van der Waals surface area contributed by atoms with Gasteiger partial charge in [0.15, 0.2) is 11.5 Å². The summed E-state index contributed by atoms with van der Waals surface area (Å²) in [4.78, 5) is 24.2. The molecule has 0 bridgehead atoms. The molecule has 0 saturated heterocycles. The van der Waals surface area contributed by atoms with Gasteiger partial charge in [-0.3, -0.25) is 4.79 Å². The Kier molecular flexibility index (Phi) is 4.32. The molecule has 2 heterocycles. The summed E-state index contributed by atoms with van der Waals surface area (Å²) in [6.45, 7) is 4.49. The van der Waals surface area contributed by atoms with Crippen LogP contribution in [0.4, 0.5) is 0 Å². The fraction of sp³-hybridized carbons (Fsp3) is 0.238. The highest BCUT2D eigenvalue weighted by Crippen LogP contribution is 2.34. The third kappa shape index (κ3) is 3.38. The van der Waals surface area contributed by atoms with Crippen molar-refractivity contribution in [2.45, 2.75) is 13.8 Å². The molecular weight excluding hydrogens is 348 g/mol. The highest BCUT2D eigenvalue weighted by Gasteiger charge is 2.16. The summed E-state index contributed by atoms with van der Waals surface area (Å²) < 4.78 is 21.8. The molecular formula is C21H18O6. The quantitative estimate of drug-likeness (QED) is 0.399. The largest absolute Gasteiger partial charge is 0.486 e. The van der Waals surface area contributed by atoms with E-state index in [1.165, 1.54) is 0 Å². The van der Waals surface area contributed by atoms with Gasteiger partial charge >= 0.3 is 11.6 Å². The van der Waals surface area contributed by atoms with Gasteiger partial charge in [-0.25, -0.2) is 4.79 Å². The SMILES string of the molecule is CC(C)C(=O)Oc1ccc2cc(-c3ccc4c(c3)OCCO4)c(=O)oc2c1. The van der Waals surface area contributed by atoms with Gasteiger partial charge in [0.05, 0.1) is 11.5 Å². The summed E-state index contributed by atoms with van der Waals surface area (Å²) in [6.07, 6.45) is 0. The summed E-state index contributed by atoms with van der Waals surface area (Å²) in [5.74, 6) is 1.02. The van der Waals surface area contributed by atoms with Gasteiger partial charge in [0.1, 0.15) is 24.5 Å². The molecule has 0 aliphatic carbocycles. The van der Waals surface area contributed by atoms with Gasteiger partial charge < -0.3 is 18.6 Å². The Bertz CT molecular complexity index is 1080. The van der Waals surface area contributed by atoms with Crippen LogP contribution in [0.25, 0.3) is 22.1 Å². The van der Waals surface area contributed by atoms with Crippen molar-refractivity contribution in [3.05, 3.63) is 52.9 Å². The first-order valence-corrected chi connectivity index (χ1v) is 8.71. The van der Waals surface area contributed by atoms with Crippen molar-refractivity contribution in [2.24, 2.45) is 5.92 Å². The monoisotopic (exact) mass is 366 g/mol. The van der Waals surface area contributed by atoms with E-state index in [2.05, 4.69) is 0 Å². The normalized spacial score (nSPS) is 13.0. The highest BCUT2D eigenvalue weighted by atomic mass is 16.6. The van der Waals surface area contributed by atoms with Crippen molar-refractivity contribution in [3.8, 4) is 28.4 Å². The lowest BCUT2D eigenvalue weighted by molar-refractivity contribution is -0.137. The minimum atomic E-state index is -0.480. The van der Waals surface area contributed by atoms with Gasteiger partial charge in [-0.05, 0) is 35.9 Å². The Morgan fingerprint density at radius 2 is 1.78 bits per heavy atom. The third-order valence-electron chi connectivity index (χ3n) is 4.25. The zero-order valence-electron chi connectivity index (χ0n) is 15.0. The molecule has 138 valence electrons. The lowest BCUT2D eigenvalue weighted by atomic mass is 10.1. The van der Waals surface area contributed by atoms with Crippen LogP contribution >= 0.6 is 0 Å². The van der Waals surface area contributed by atoms with Gasteiger partial charge in [-0.2, -0.15) is 0 Å². The van der Waals surface area contributed by atoms with Crippen molar-refractivity contribution in [3.63, 3.8) is 0 Å². The number of esters is 1. The van der Waals surface area contributed by atoms with Crippen LogP contribution in [0.15, 0.2) is 51.7 Å². The maximum Gasteiger partial charge on any atom is 0.344 e. The van der Waals surface area contributed by atoms with Gasteiger partial charge in [-0.1, -0.05) is 19.9 Å². The molecule has 1 aliphatic heterocycles. The van der Waals surface area contributed by atoms with E-state index in [0.717, 1.165) is 5.39 Å². The molecule has 0 N–H and O–H groups in total. The van der Waals surface area contributed by atoms with E-state index in [-0.39, 0.29) is 11.9 Å². The van der Waals surface area contributed by atoms with Crippen LogP contribution in [0.1, 0.15) is 13.8 Å². The van der Waals surface area contributed by atoms with Crippen molar-refractivity contribution in [2.75, 3.05) is 13.2 Å². The van der Waals surface area contributed by atoms with Crippen molar-refractivity contribution >= 4 is 16.9 Å². The van der Waals surface area contributed by atoms with Crippen LogP contribution in [-0.2, 0) is 4.79 Å². The number of ether oxygens (including phenoxy) is 3. The van der Waals surface area contributed by atoms with E-state index in [0.29, 0.717) is 47.2 Å². The molecule has 1 aliphatic rings. The fourth-order valence-electron chi connectivity index (χ4n) is 2.80. The molecule has 0 saturated carbocycles. The average Bonchev–Trinajstić information content (AvgIpc) is 2.67. The second kappa shape index (κ2) is 6.79. The van der Waals surface area contributed by atoms with Gasteiger partial charge in [-0.15, -0.1) is 0 Å². The fourth-order valence-corrected chi connectivity index (χ4v) is 2.80. The molecule has 0 amide bonds. The molecule has 0 unspecified atom stereocenters. The van der Waals surface area contributed by atoms with Crippen molar-refractivity contribution in [1.29, 1.82) is 0 Å². The minimum Gasteiger partial charge on any atom is -0.486 e. The number of carbonyl (C=O) groups is 1. The summed E-state index contributed by atoms with van der Waals surface area (Å²) in [6, 6.07) is 12.1. The molecule has 4 rings (SSSR count). The third-order valence-corrected chi connectivity index (χ3v) is 4.25. The molecule has 1 aromatic heterocycles. The lowest BCUT2D eigenvalue weighted by Crippen LogP contribution is -2.15. The van der Waals surface area contributed by atoms with Crippen LogP contribution in [0, 0.1) is 5.92 Å². The van der Waals surface area contributed by atoms with Gasteiger partial charge in [0.25, 0.3) is 0 Å². The number of rotatable bonds is 3. The first kappa shape index (κ1) is 17.1. The highest BCUT2D eigenvalue weighted by molar-refractivity contribution is 5.84. The minimum absolute atomic E-state index is 0.245. The van der Waals surface area contributed by atoms with Crippen LogP contribution in [0.5, 0.6) is 17.2 Å². The van der Waals surface area contributed by atoms with Crippen LogP contribution in [-0.4, -0.2) is 19.2 Å². The number of hydrogen-bond donors (Lipinski definition) is 0. The maximum absolute atomic E-state index is 12.5. The topological polar surface area (TPSA) is 75.0 Å².